The van der Waals surface area contributed by atoms with Crippen molar-refractivity contribution in [3.8, 4) is 0 Å². The molecule has 3 aliphatic rings. The molecule has 196 valence electrons. The monoisotopic (exact) mass is 557 g/mol. The number of carbonyl (C=O) groups excluding carboxylic acids is 5. The van der Waals surface area contributed by atoms with Crippen LogP contribution in [0.2, 0.25) is 0 Å². The predicted molar refractivity (Wildman–Crippen MR) is 136 cm³/mol. The van der Waals surface area contributed by atoms with Crippen LogP contribution in [0.15, 0.2) is 71.9 Å². The van der Waals surface area contributed by atoms with Gasteiger partial charge in [0.2, 0.25) is 5.91 Å². The molecule has 2 aromatic carbocycles. The van der Waals surface area contributed by atoms with E-state index in [0.717, 1.165) is 9.80 Å². The second-order valence-electron chi connectivity index (χ2n) is 9.03. The molecule has 2 aromatic rings. The Morgan fingerprint density at radius 2 is 1.64 bits per heavy atom. The number of β-lactam (4-membered cyclic amide) rings is 1. The molecule has 0 aliphatic carbocycles. The summed E-state index contributed by atoms with van der Waals surface area (Å²) in [6.07, 6.45) is 0. The van der Waals surface area contributed by atoms with Gasteiger partial charge in [-0.2, -0.15) is 0 Å². The minimum absolute atomic E-state index is 0. The summed E-state index contributed by atoms with van der Waals surface area (Å²) in [6.45, 7) is 2.06. The molecule has 2 saturated heterocycles. The van der Waals surface area contributed by atoms with E-state index in [4.69, 9.17) is 0 Å². The fourth-order valence-corrected chi connectivity index (χ4v) is 6.01. The minimum atomic E-state index is -1.44. The maximum absolute atomic E-state index is 13.4. The molecule has 5 rings (SSSR count). The quantitative estimate of drug-likeness (QED) is 0.304. The SMILES string of the molecule is CC1=C(C(=O)[O-])N2C(=O)C(NC(=O)C(NC(=O)N3CCN(c4ccccc4)C3=O)c3ccccc3)[C@@H]2SC1.[Na+]. The number of carbonyl (C=O) groups is 5. The van der Waals surface area contributed by atoms with Crippen LogP contribution < -0.4 is 50.2 Å². The van der Waals surface area contributed by atoms with Crippen LogP contribution in [0.25, 0.3) is 0 Å². The van der Waals surface area contributed by atoms with Gasteiger partial charge in [-0.1, -0.05) is 48.5 Å². The molecule has 2 N–H and O–H groups in total. The van der Waals surface area contributed by atoms with E-state index >= 15 is 0 Å². The fourth-order valence-electron chi connectivity index (χ4n) is 4.72. The Hall–Kier alpha value is -3.32. The molecule has 0 radical (unpaired) electrons. The number of urea groups is 2. The third-order valence-corrected chi connectivity index (χ3v) is 8.06. The Morgan fingerprint density at radius 3 is 2.28 bits per heavy atom. The molecule has 2 fully saturated rings. The molecular weight excluding hydrogens is 533 g/mol. The first kappa shape index (κ1) is 28.7. The summed E-state index contributed by atoms with van der Waals surface area (Å²) in [5, 5.41) is 16.3. The molecule has 3 atom stereocenters. The van der Waals surface area contributed by atoms with Crippen molar-refractivity contribution in [3.63, 3.8) is 0 Å². The zero-order valence-electron chi connectivity index (χ0n) is 21.3. The Labute approximate surface area is 250 Å². The van der Waals surface area contributed by atoms with Gasteiger partial charge in [-0.3, -0.25) is 19.4 Å². The van der Waals surface area contributed by atoms with Crippen molar-refractivity contribution < 1.29 is 58.6 Å². The van der Waals surface area contributed by atoms with E-state index in [0.29, 0.717) is 29.1 Å². The van der Waals surface area contributed by atoms with Gasteiger partial charge in [0.05, 0.1) is 18.2 Å². The first-order valence-electron chi connectivity index (χ1n) is 11.9. The molecule has 0 bridgehead atoms. The van der Waals surface area contributed by atoms with Crippen molar-refractivity contribution in [1.29, 1.82) is 0 Å². The number of benzene rings is 2. The number of thioether (sulfide) groups is 1. The number of hydrogen-bond acceptors (Lipinski definition) is 7. The number of nitrogens with one attached hydrogen (secondary N) is 2. The van der Waals surface area contributed by atoms with E-state index in [1.54, 1.807) is 61.5 Å². The Balaban J connectivity index is 0.00000353. The van der Waals surface area contributed by atoms with Crippen LogP contribution >= 0.6 is 11.8 Å². The molecule has 2 unspecified atom stereocenters. The van der Waals surface area contributed by atoms with Gasteiger partial charge in [0, 0.05) is 18.0 Å². The van der Waals surface area contributed by atoms with Gasteiger partial charge in [-0.25, -0.2) is 14.5 Å². The second kappa shape index (κ2) is 11.8. The summed E-state index contributed by atoms with van der Waals surface area (Å²) in [5.41, 5.74) is 1.45. The molecule has 3 aliphatic heterocycles. The van der Waals surface area contributed by atoms with Gasteiger partial charge >= 0.3 is 41.6 Å². The van der Waals surface area contributed by atoms with E-state index < -0.39 is 47.3 Å². The summed E-state index contributed by atoms with van der Waals surface area (Å²) in [5.74, 6) is -2.30. The molecule has 0 spiro atoms. The number of carboxylic acid groups (broad SMARTS) is 1. The number of fused-ring (bicyclic) bond motifs is 1. The van der Waals surface area contributed by atoms with Crippen LogP contribution in [0.5, 0.6) is 0 Å². The topological polar surface area (TPSA) is 142 Å². The molecule has 39 heavy (non-hydrogen) atoms. The third-order valence-electron chi connectivity index (χ3n) is 6.63. The van der Waals surface area contributed by atoms with Gasteiger partial charge < -0.3 is 20.5 Å². The summed E-state index contributed by atoms with van der Waals surface area (Å²) < 4.78 is 0. The van der Waals surface area contributed by atoms with Crippen molar-refractivity contribution in [1.82, 2.24) is 20.4 Å². The van der Waals surface area contributed by atoms with Gasteiger partial charge in [0.15, 0.2) is 0 Å². The summed E-state index contributed by atoms with van der Waals surface area (Å²) in [6, 6.07) is 14.0. The first-order valence-corrected chi connectivity index (χ1v) is 13.0. The van der Waals surface area contributed by atoms with Crippen LogP contribution in [-0.4, -0.2) is 69.9 Å². The predicted octanol–water partition coefficient (Wildman–Crippen LogP) is -2.19. The van der Waals surface area contributed by atoms with Crippen molar-refractivity contribution in [2.45, 2.75) is 24.4 Å². The zero-order valence-corrected chi connectivity index (χ0v) is 24.1. The van der Waals surface area contributed by atoms with E-state index in [1.807, 2.05) is 6.07 Å². The number of anilines is 1. The molecule has 0 aromatic heterocycles. The number of imide groups is 1. The van der Waals surface area contributed by atoms with Crippen LogP contribution in [0.3, 0.4) is 0 Å². The van der Waals surface area contributed by atoms with Gasteiger partial charge in [0.1, 0.15) is 17.5 Å². The number of nitrogens with zero attached hydrogens (tertiary/aromatic N) is 3. The van der Waals surface area contributed by atoms with Crippen molar-refractivity contribution in [2.24, 2.45) is 0 Å². The second-order valence-corrected chi connectivity index (χ2v) is 10.1. The first-order chi connectivity index (χ1) is 18.3. The number of amides is 6. The van der Waals surface area contributed by atoms with Crippen LogP contribution in [0, 0.1) is 0 Å². The summed E-state index contributed by atoms with van der Waals surface area (Å²) in [4.78, 5) is 67.6. The largest absolute Gasteiger partial charge is 1.00 e. The number of hydrogen-bond donors (Lipinski definition) is 2. The van der Waals surface area contributed by atoms with E-state index in [-0.39, 0.29) is 41.8 Å². The van der Waals surface area contributed by atoms with E-state index in [2.05, 4.69) is 10.6 Å². The molecule has 13 heteroatoms. The van der Waals surface area contributed by atoms with Crippen molar-refractivity contribution in [3.05, 3.63) is 77.5 Å². The maximum atomic E-state index is 13.4. The standard InChI is InChI=1S/C26H25N5O6S.Na/c1-15-14-38-23-19(22(33)31(23)20(15)24(34)35)27-21(32)18(16-8-4-2-5-9-16)28-25(36)30-13-12-29(26(30)37)17-10-6-3-7-11-17;/h2-11,18-19,23H,12-14H2,1H3,(H,27,32)(H,28,36)(H,34,35);/q;+1/p-1/t18?,19?,23-;/m0./s1. The molecule has 3 heterocycles. The normalized spacial score (nSPS) is 21.0. The average Bonchev–Trinajstić information content (AvgIpc) is 3.32. The Kier molecular flexibility index (Phi) is 8.70. The molecule has 6 amide bonds. The Bertz CT molecular complexity index is 1340. The van der Waals surface area contributed by atoms with Crippen LogP contribution in [0.4, 0.5) is 15.3 Å². The zero-order chi connectivity index (χ0) is 27.0. The van der Waals surface area contributed by atoms with Crippen LogP contribution in [0.1, 0.15) is 18.5 Å². The number of aliphatic carboxylic acids is 1. The number of rotatable bonds is 6. The van der Waals surface area contributed by atoms with Gasteiger partial charge in [-0.15, -0.1) is 11.8 Å². The van der Waals surface area contributed by atoms with Gasteiger partial charge in [0.25, 0.3) is 5.91 Å². The summed E-state index contributed by atoms with van der Waals surface area (Å²) >= 11 is 1.33. The number of carboxylic acids is 1. The van der Waals surface area contributed by atoms with E-state index in [1.165, 1.54) is 16.7 Å². The minimum Gasteiger partial charge on any atom is -0.543 e. The van der Waals surface area contributed by atoms with Gasteiger partial charge in [-0.05, 0) is 30.2 Å². The third kappa shape index (κ3) is 5.42. The average molecular weight is 558 g/mol. The summed E-state index contributed by atoms with van der Waals surface area (Å²) in [7, 11) is 0. The molecule has 0 saturated carbocycles. The molecule has 11 nitrogen and oxygen atoms in total. The smallest absolute Gasteiger partial charge is 0.543 e. The maximum Gasteiger partial charge on any atom is 1.00 e. The van der Waals surface area contributed by atoms with Crippen molar-refractivity contribution in [2.75, 3.05) is 23.7 Å². The molecular formula is C26H24N5NaO6S. The van der Waals surface area contributed by atoms with E-state index in [9.17, 15) is 29.1 Å². The number of para-hydroxylation sites is 1. The Morgan fingerprint density at radius 1 is 1.00 bits per heavy atom. The van der Waals surface area contributed by atoms with Crippen LogP contribution in [-0.2, 0) is 14.4 Å². The van der Waals surface area contributed by atoms with Crippen molar-refractivity contribution >= 4 is 47.3 Å². The fraction of sp³-hybridized carbons (Fsp3) is 0.269.